The molecule has 0 spiro atoms. The van der Waals surface area contributed by atoms with E-state index in [0.717, 1.165) is 4.47 Å². The molecule has 0 N–H and O–H groups in total. The fourth-order valence-electron chi connectivity index (χ4n) is 0.999. The fourth-order valence-corrected chi connectivity index (χ4v) is 1.49. The van der Waals surface area contributed by atoms with Crippen LogP contribution >= 0.6 is 39.1 Å². The number of hydrogen-bond acceptors (Lipinski definition) is 3. The van der Waals surface area contributed by atoms with Crippen LogP contribution in [0.5, 0.6) is 11.8 Å². The average molecular weight is 320 g/mol. The highest BCUT2D eigenvalue weighted by Gasteiger charge is 2.03. The Bertz CT molecular complexity index is 505. The number of hydrogen-bond donors (Lipinski definition) is 0. The van der Waals surface area contributed by atoms with E-state index in [9.17, 15) is 0 Å². The van der Waals surface area contributed by atoms with Crippen molar-refractivity contribution in [1.29, 1.82) is 0 Å². The largest absolute Gasteiger partial charge is 0.424 e. The van der Waals surface area contributed by atoms with E-state index in [1.807, 2.05) is 0 Å². The molecule has 6 heteroatoms. The molecule has 0 aliphatic rings. The van der Waals surface area contributed by atoms with E-state index in [0.29, 0.717) is 15.8 Å². The van der Waals surface area contributed by atoms with Gasteiger partial charge in [0, 0.05) is 18.5 Å². The molecule has 0 bridgehead atoms. The second-order valence-corrected chi connectivity index (χ2v) is 4.59. The molecular formula is C10H5BrCl2N2O. The number of benzene rings is 1. The number of nitrogens with zero attached hydrogens (tertiary/aromatic N) is 2. The number of ether oxygens (including phenoxy) is 1. The van der Waals surface area contributed by atoms with Gasteiger partial charge in [-0.3, -0.25) is 0 Å². The van der Waals surface area contributed by atoms with Gasteiger partial charge in [-0.1, -0.05) is 23.2 Å². The van der Waals surface area contributed by atoms with Crippen LogP contribution in [-0.2, 0) is 0 Å². The van der Waals surface area contributed by atoms with Crippen molar-refractivity contribution in [3.05, 3.63) is 45.1 Å². The smallest absolute Gasteiger partial charge is 0.321 e. The molecule has 0 aliphatic carbocycles. The minimum atomic E-state index is 0.251. The lowest BCUT2D eigenvalue weighted by molar-refractivity contribution is 0.441. The third-order valence-electron chi connectivity index (χ3n) is 1.70. The van der Waals surface area contributed by atoms with E-state index in [2.05, 4.69) is 25.9 Å². The summed E-state index contributed by atoms with van der Waals surface area (Å²) >= 11 is 14.9. The Morgan fingerprint density at radius 2 is 1.75 bits per heavy atom. The van der Waals surface area contributed by atoms with Crippen LogP contribution in [0.2, 0.25) is 10.0 Å². The van der Waals surface area contributed by atoms with Gasteiger partial charge in [0.1, 0.15) is 5.75 Å². The predicted molar refractivity (Wildman–Crippen MR) is 66.3 cm³/mol. The standard InChI is InChI=1S/C10H5BrCl2N2O/c11-6-4-14-10(15-5-6)16-7-1-2-8(12)9(13)3-7/h1-5H. The first-order chi connectivity index (χ1) is 7.65. The molecular weight excluding hydrogens is 315 g/mol. The molecule has 1 heterocycles. The molecule has 3 nitrogen and oxygen atoms in total. The van der Waals surface area contributed by atoms with Crippen molar-refractivity contribution < 1.29 is 4.74 Å². The maximum absolute atomic E-state index is 5.85. The van der Waals surface area contributed by atoms with Gasteiger partial charge in [0.25, 0.3) is 0 Å². The van der Waals surface area contributed by atoms with E-state index in [1.165, 1.54) is 0 Å². The maximum Gasteiger partial charge on any atom is 0.321 e. The lowest BCUT2D eigenvalue weighted by atomic mass is 10.3. The first-order valence-electron chi connectivity index (χ1n) is 4.25. The van der Waals surface area contributed by atoms with Crippen LogP contribution in [0.15, 0.2) is 35.1 Å². The Hall–Kier alpha value is -0.840. The van der Waals surface area contributed by atoms with Gasteiger partial charge in [-0.2, -0.15) is 0 Å². The summed E-state index contributed by atoms with van der Waals surface area (Å²) in [4.78, 5) is 7.94. The summed E-state index contributed by atoms with van der Waals surface area (Å²) in [5.41, 5.74) is 0. The highest BCUT2D eigenvalue weighted by atomic mass is 79.9. The monoisotopic (exact) mass is 318 g/mol. The van der Waals surface area contributed by atoms with Gasteiger partial charge in [0.15, 0.2) is 0 Å². The van der Waals surface area contributed by atoms with Gasteiger partial charge in [0.05, 0.1) is 14.5 Å². The number of aromatic nitrogens is 2. The molecule has 0 aliphatic heterocycles. The Morgan fingerprint density at radius 1 is 1.06 bits per heavy atom. The zero-order valence-corrected chi connectivity index (χ0v) is 10.9. The summed E-state index contributed by atoms with van der Waals surface area (Å²) in [7, 11) is 0. The summed E-state index contributed by atoms with van der Waals surface area (Å²) in [6, 6.07) is 5.20. The van der Waals surface area contributed by atoms with Crippen molar-refractivity contribution in [2.24, 2.45) is 0 Å². The first-order valence-corrected chi connectivity index (χ1v) is 5.80. The number of rotatable bonds is 2. The van der Waals surface area contributed by atoms with Crippen LogP contribution in [0.4, 0.5) is 0 Å². The summed E-state index contributed by atoms with van der Waals surface area (Å²) in [6.07, 6.45) is 3.19. The van der Waals surface area contributed by atoms with Gasteiger partial charge < -0.3 is 4.74 Å². The average Bonchev–Trinajstić information content (AvgIpc) is 2.27. The normalized spacial score (nSPS) is 10.2. The van der Waals surface area contributed by atoms with Crippen molar-refractivity contribution in [3.63, 3.8) is 0 Å². The molecule has 82 valence electrons. The van der Waals surface area contributed by atoms with Gasteiger partial charge in [-0.25, -0.2) is 9.97 Å². The lowest BCUT2D eigenvalue weighted by Crippen LogP contribution is -1.90. The summed E-state index contributed by atoms with van der Waals surface area (Å²) < 4.78 is 6.17. The molecule has 1 aromatic carbocycles. The second kappa shape index (κ2) is 4.99. The Morgan fingerprint density at radius 3 is 2.38 bits per heavy atom. The van der Waals surface area contributed by atoms with E-state index in [-0.39, 0.29) is 6.01 Å². The van der Waals surface area contributed by atoms with E-state index >= 15 is 0 Å². The van der Waals surface area contributed by atoms with Crippen molar-refractivity contribution in [2.45, 2.75) is 0 Å². The Balaban J connectivity index is 2.20. The third-order valence-corrected chi connectivity index (χ3v) is 2.85. The van der Waals surface area contributed by atoms with Gasteiger partial charge in [0.2, 0.25) is 0 Å². The zero-order chi connectivity index (χ0) is 11.5. The Kier molecular flexibility index (Phi) is 3.63. The molecule has 0 saturated carbocycles. The molecule has 0 fully saturated rings. The van der Waals surface area contributed by atoms with E-state index in [4.69, 9.17) is 27.9 Å². The molecule has 0 unspecified atom stereocenters. The molecule has 2 aromatic rings. The molecule has 0 radical (unpaired) electrons. The van der Waals surface area contributed by atoms with E-state index < -0.39 is 0 Å². The van der Waals surface area contributed by atoms with Gasteiger partial charge >= 0.3 is 6.01 Å². The summed E-state index contributed by atoms with van der Waals surface area (Å²) in [6.45, 7) is 0. The molecule has 0 atom stereocenters. The number of halogens is 3. The fraction of sp³-hybridized carbons (Fsp3) is 0. The second-order valence-electron chi connectivity index (χ2n) is 2.86. The van der Waals surface area contributed by atoms with Crippen molar-refractivity contribution >= 4 is 39.1 Å². The molecule has 0 saturated heterocycles. The summed E-state index contributed by atoms with van der Waals surface area (Å²) in [5, 5.41) is 0.905. The van der Waals surface area contributed by atoms with Crippen molar-refractivity contribution in [1.82, 2.24) is 9.97 Å². The molecule has 0 amide bonds. The topological polar surface area (TPSA) is 35.0 Å². The minimum absolute atomic E-state index is 0.251. The maximum atomic E-state index is 5.85. The van der Waals surface area contributed by atoms with Gasteiger partial charge in [-0.15, -0.1) is 0 Å². The quantitative estimate of drug-likeness (QED) is 0.826. The van der Waals surface area contributed by atoms with E-state index in [1.54, 1.807) is 30.6 Å². The Labute approximate surface area is 111 Å². The third kappa shape index (κ3) is 2.84. The SMILES string of the molecule is Clc1ccc(Oc2ncc(Br)cn2)cc1Cl. The van der Waals surface area contributed by atoms with Crippen LogP contribution in [0, 0.1) is 0 Å². The minimum Gasteiger partial charge on any atom is -0.424 e. The predicted octanol–water partition coefficient (Wildman–Crippen LogP) is 4.34. The lowest BCUT2D eigenvalue weighted by Gasteiger charge is -2.04. The first kappa shape index (κ1) is 11.6. The highest BCUT2D eigenvalue weighted by molar-refractivity contribution is 9.10. The van der Waals surface area contributed by atoms with Crippen LogP contribution in [0.1, 0.15) is 0 Å². The molecule has 1 aromatic heterocycles. The zero-order valence-electron chi connectivity index (χ0n) is 7.82. The van der Waals surface area contributed by atoms with Gasteiger partial charge in [-0.05, 0) is 28.1 Å². The van der Waals surface area contributed by atoms with Crippen molar-refractivity contribution in [2.75, 3.05) is 0 Å². The molecule has 16 heavy (non-hydrogen) atoms. The van der Waals surface area contributed by atoms with Crippen LogP contribution in [0.25, 0.3) is 0 Å². The van der Waals surface area contributed by atoms with Crippen LogP contribution in [-0.4, -0.2) is 9.97 Å². The molecule has 2 rings (SSSR count). The van der Waals surface area contributed by atoms with Crippen LogP contribution < -0.4 is 4.74 Å². The summed E-state index contributed by atoms with van der Waals surface area (Å²) in [5.74, 6) is 0.539. The van der Waals surface area contributed by atoms with Crippen LogP contribution in [0.3, 0.4) is 0 Å². The van der Waals surface area contributed by atoms with Crippen molar-refractivity contribution in [3.8, 4) is 11.8 Å². The highest BCUT2D eigenvalue weighted by Crippen LogP contribution is 2.28.